The lowest BCUT2D eigenvalue weighted by atomic mass is 10.0. The van der Waals surface area contributed by atoms with E-state index in [9.17, 15) is 4.79 Å². The molecular formula is C13H14N2O2. The third kappa shape index (κ3) is 1.93. The van der Waals surface area contributed by atoms with Crippen LogP contribution in [0.2, 0.25) is 0 Å². The van der Waals surface area contributed by atoms with Crippen LogP contribution in [-0.4, -0.2) is 18.0 Å². The van der Waals surface area contributed by atoms with Gasteiger partial charge in [0.05, 0.1) is 18.2 Å². The standard InChI is InChI=1S/C13H14N2O2/c1-7-4-9-11(17-3)6-8(2)15-12(9)10(5-7)13(14)16/h4-6H,1-3H3,(H2,14,16). The third-order valence-electron chi connectivity index (χ3n) is 2.63. The van der Waals surface area contributed by atoms with Crippen molar-refractivity contribution in [1.82, 2.24) is 4.98 Å². The number of carbonyl (C=O) groups is 1. The Morgan fingerprint density at radius 3 is 2.59 bits per heavy atom. The van der Waals surface area contributed by atoms with Crippen LogP contribution in [0.4, 0.5) is 0 Å². The summed E-state index contributed by atoms with van der Waals surface area (Å²) in [6, 6.07) is 5.52. The maximum absolute atomic E-state index is 11.4. The second kappa shape index (κ2) is 4.05. The van der Waals surface area contributed by atoms with Crippen molar-refractivity contribution in [3.8, 4) is 5.75 Å². The van der Waals surface area contributed by atoms with Gasteiger partial charge in [-0.05, 0) is 31.5 Å². The van der Waals surface area contributed by atoms with Crippen LogP contribution in [0.5, 0.6) is 5.75 Å². The van der Waals surface area contributed by atoms with E-state index in [0.29, 0.717) is 16.8 Å². The van der Waals surface area contributed by atoms with Crippen LogP contribution in [0.3, 0.4) is 0 Å². The van der Waals surface area contributed by atoms with Crippen LogP contribution in [-0.2, 0) is 0 Å². The minimum absolute atomic E-state index is 0.432. The topological polar surface area (TPSA) is 65.2 Å². The summed E-state index contributed by atoms with van der Waals surface area (Å²) in [5, 5.41) is 0.812. The number of hydrogen-bond donors (Lipinski definition) is 1. The summed E-state index contributed by atoms with van der Waals surface area (Å²) in [7, 11) is 1.60. The van der Waals surface area contributed by atoms with E-state index in [-0.39, 0.29) is 0 Å². The maximum Gasteiger partial charge on any atom is 0.250 e. The number of rotatable bonds is 2. The number of aromatic nitrogens is 1. The van der Waals surface area contributed by atoms with Gasteiger partial charge in [-0.2, -0.15) is 0 Å². The highest BCUT2D eigenvalue weighted by atomic mass is 16.5. The van der Waals surface area contributed by atoms with Crippen molar-refractivity contribution < 1.29 is 9.53 Å². The Hall–Kier alpha value is -2.10. The number of pyridine rings is 1. The van der Waals surface area contributed by atoms with Crippen molar-refractivity contribution in [2.24, 2.45) is 5.73 Å². The second-order valence-electron chi connectivity index (χ2n) is 4.04. The molecule has 0 radical (unpaired) electrons. The van der Waals surface area contributed by atoms with Gasteiger partial charge in [-0.25, -0.2) is 0 Å². The molecule has 1 aromatic heterocycles. The van der Waals surface area contributed by atoms with E-state index in [1.165, 1.54) is 0 Å². The first kappa shape index (κ1) is 11.4. The van der Waals surface area contributed by atoms with Gasteiger partial charge in [-0.3, -0.25) is 9.78 Å². The lowest BCUT2D eigenvalue weighted by molar-refractivity contribution is 0.100. The number of nitrogens with two attached hydrogens (primary N) is 1. The Morgan fingerprint density at radius 1 is 1.29 bits per heavy atom. The van der Waals surface area contributed by atoms with Crippen molar-refractivity contribution in [2.45, 2.75) is 13.8 Å². The highest BCUT2D eigenvalue weighted by Gasteiger charge is 2.13. The molecule has 0 aliphatic heterocycles. The SMILES string of the molecule is COc1cc(C)nc2c(C(N)=O)cc(C)cc12. The van der Waals surface area contributed by atoms with Gasteiger partial charge in [-0.1, -0.05) is 0 Å². The number of methoxy groups -OCH3 is 1. The zero-order valence-corrected chi connectivity index (χ0v) is 10.1. The molecule has 0 spiro atoms. The van der Waals surface area contributed by atoms with Gasteiger partial charge < -0.3 is 10.5 Å². The highest BCUT2D eigenvalue weighted by Crippen LogP contribution is 2.28. The molecule has 2 aromatic rings. The number of primary amides is 1. The lowest BCUT2D eigenvalue weighted by Crippen LogP contribution is -2.12. The molecule has 0 bridgehead atoms. The molecule has 2 rings (SSSR count). The monoisotopic (exact) mass is 230 g/mol. The van der Waals surface area contributed by atoms with Crippen LogP contribution in [0, 0.1) is 13.8 Å². The number of carbonyl (C=O) groups excluding carboxylic acids is 1. The third-order valence-corrected chi connectivity index (χ3v) is 2.63. The first-order valence-electron chi connectivity index (χ1n) is 5.28. The Morgan fingerprint density at radius 2 is 2.00 bits per heavy atom. The molecule has 1 amide bonds. The summed E-state index contributed by atoms with van der Waals surface area (Å²) < 4.78 is 5.31. The van der Waals surface area contributed by atoms with E-state index in [4.69, 9.17) is 10.5 Å². The zero-order valence-electron chi connectivity index (χ0n) is 10.1. The largest absolute Gasteiger partial charge is 0.496 e. The fourth-order valence-electron chi connectivity index (χ4n) is 1.92. The Balaban J connectivity index is 2.93. The zero-order chi connectivity index (χ0) is 12.6. The van der Waals surface area contributed by atoms with Gasteiger partial charge in [0, 0.05) is 17.1 Å². The molecule has 0 fully saturated rings. The molecular weight excluding hydrogens is 216 g/mol. The predicted molar refractivity (Wildman–Crippen MR) is 66.3 cm³/mol. The number of fused-ring (bicyclic) bond motifs is 1. The average Bonchev–Trinajstić information content (AvgIpc) is 2.27. The van der Waals surface area contributed by atoms with Crippen molar-refractivity contribution in [3.05, 3.63) is 35.0 Å². The number of aryl methyl sites for hydroxylation is 2. The molecule has 0 saturated carbocycles. The molecule has 0 atom stereocenters. The van der Waals surface area contributed by atoms with Gasteiger partial charge in [-0.15, -0.1) is 0 Å². The van der Waals surface area contributed by atoms with E-state index in [0.717, 1.165) is 16.6 Å². The Labute approximate surface area is 99.4 Å². The summed E-state index contributed by atoms with van der Waals surface area (Å²) in [5.74, 6) is 0.234. The van der Waals surface area contributed by atoms with Gasteiger partial charge >= 0.3 is 0 Å². The molecule has 1 aromatic carbocycles. The van der Waals surface area contributed by atoms with Crippen molar-refractivity contribution in [2.75, 3.05) is 7.11 Å². The first-order chi connectivity index (χ1) is 8.02. The van der Waals surface area contributed by atoms with E-state index < -0.39 is 5.91 Å². The quantitative estimate of drug-likeness (QED) is 0.857. The Kier molecular flexibility index (Phi) is 2.71. The number of benzene rings is 1. The van der Waals surface area contributed by atoms with Gasteiger partial charge in [0.15, 0.2) is 0 Å². The minimum atomic E-state index is -0.473. The minimum Gasteiger partial charge on any atom is -0.496 e. The van der Waals surface area contributed by atoms with Crippen molar-refractivity contribution >= 4 is 16.8 Å². The molecule has 0 aliphatic rings. The second-order valence-corrected chi connectivity index (χ2v) is 4.04. The van der Waals surface area contributed by atoms with E-state index in [2.05, 4.69) is 4.98 Å². The molecule has 88 valence electrons. The molecule has 1 heterocycles. The fraction of sp³-hybridized carbons (Fsp3) is 0.231. The predicted octanol–water partition coefficient (Wildman–Crippen LogP) is 1.96. The van der Waals surface area contributed by atoms with Gasteiger partial charge in [0.1, 0.15) is 5.75 Å². The summed E-state index contributed by atoms with van der Waals surface area (Å²) >= 11 is 0. The molecule has 2 N–H and O–H groups in total. The molecule has 0 aliphatic carbocycles. The van der Waals surface area contributed by atoms with Crippen LogP contribution in [0.25, 0.3) is 10.9 Å². The van der Waals surface area contributed by atoms with E-state index >= 15 is 0 Å². The molecule has 4 nitrogen and oxygen atoms in total. The van der Waals surface area contributed by atoms with Crippen LogP contribution < -0.4 is 10.5 Å². The van der Waals surface area contributed by atoms with Crippen LogP contribution in [0.1, 0.15) is 21.6 Å². The average molecular weight is 230 g/mol. The molecule has 17 heavy (non-hydrogen) atoms. The molecule has 4 heteroatoms. The number of amides is 1. The number of nitrogens with zero attached hydrogens (tertiary/aromatic N) is 1. The first-order valence-corrected chi connectivity index (χ1v) is 5.28. The smallest absolute Gasteiger partial charge is 0.250 e. The number of ether oxygens (including phenoxy) is 1. The summed E-state index contributed by atoms with van der Waals surface area (Å²) in [5.41, 5.74) is 8.15. The molecule has 0 saturated heterocycles. The van der Waals surface area contributed by atoms with E-state index in [1.54, 1.807) is 13.2 Å². The van der Waals surface area contributed by atoms with Gasteiger partial charge in [0.2, 0.25) is 0 Å². The molecule has 0 unspecified atom stereocenters. The normalized spacial score (nSPS) is 10.5. The summed E-state index contributed by atoms with van der Waals surface area (Å²) in [6.45, 7) is 3.76. The lowest BCUT2D eigenvalue weighted by Gasteiger charge is -2.10. The van der Waals surface area contributed by atoms with Gasteiger partial charge in [0.25, 0.3) is 5.91 Å². The van der Waals surface area contributed by atoms with Crippen molar-refractivity contribution in [1.29, 1.82) is 0 Å². The van der Waals surface area contributed by atoms with Crippen molar-refractivity contribution in [3.63, 3.8) is 0 Å². The number of hydrogen-bond acceptors (Lipinski definition) is 3. The summed E-state index contributed by atoms with van der Waals surface area (Å²) in [4.78, 5) is 15.8. The fourth-order valence-corrected chi connectivity index (χ4v) is 1.92. The van der Waals surface area contributed by atoms with Crippen LogP contribution in [0.15, 0.2) is 18.2 Å². The Bertz CT molecular complexity index is 606. The van der Waals surface area contributed by atoms with E-state index in [1.807, 2.05) is 26.0 Å². The maximum atomic E-state index is 11.4. The summed E-state index contributed by atoms with van der Waals surface area (Å²) in [6.07, 6.45) is 0. The highest BCUT2D eigenvalue weighted by molar-refractivity contribution is 6.06. The van der Waals surface area contributed by atoms with Crippen LogP contribution >= 0.6 is 0 Å².